The maximum Gasteiger partial charge on any atom is 0.221 e. The third kappa shape index (κ3) is 3.07. The Labute approximate surface area is 105 Å². The summed E-state index contributed by atoms with van der Waals surface area (Å²) in [4.78, 5) is 11.8. The molecule has 1 aliphatic rings. The number of hydrogen-bond acceptors (Lipinski definition) is 3. The average molecular weight is 248 g/mol. The van der Waals surface area contributed by atoms with Crippen molar-refractivity contribution in [1.82, 2.24) is 5.32 Å². The largest absolute Gasteiger partial charge is 0.338 e. The topological polar surface area (TPSA) is 52.9 Å². The Morgan fingerprint density at radius 1 is 1.53 bits per heavy atom. The molecule has 0 saturated heterocycles. The number of aryl methyl sites for hydroxylation is 1. The molecule has 1 aromatic heterocycles. The minimum absolute atomic E-state index is 0.000324. The van der Waals surface area contributed by atoms with E-state index in [9.17, 15) is 4.79 Å². The molecule has 1 N–H and O–H groups in total. The number of rotatable bonds is 4. The first-order valence-electron chi connectivity index (χ1n) is 5.97. The Hall–Kier alpha value is -1.34. The molecular formula is C13H16N2OS. The summed E-state index contributed by atoms with van der Waals surface area (Å²) in [6.45, 7) is 0. The SMILES string of the molecule is N#CC1(NC(=O)CCc2ccsc2)CCCC1. The number of nitriles is 1. The van der Waals surface area contributed by atoms with Crippen LogP contribution in [0.1, 0.15) is 37.7 Å². The van der Waals surface area contributed by atoms with Gasteiger partial charge >= 0.3 is 0 Å². The van der Waals surface area contributed by atoms with Gasteiger partial charge in [0.15, 0.2) is 0 Å². The molecule has 17 heavy (non-hydrogen) atoms. The summed E-state index contributed by atoms with van der Waals surface area (Å²) in [7, 11) is 0. The van der Waals surface area contributed by atoms with Gasteiger partial charge in [-0.1, -0.05) is 0 Å². The van der Waals surface area contributed by atoms with Crippen molar-refractivity contribution in [2.75, 3.05) is 0 Å². The fourth-order valence-corrected chi connectivity index (χ4v) is 2.97. The maximum atomic E-state index is 11.8. The Bertz CT molecular complexity index is 413. The zero-order chi connectivity index (χ0) is 12.1. The van der Waals surface area contributed by atoms with Crippen molar-refractivity contribution in [2.45, 2.75) is 44.1 Å². The third-order valence-corrected chi connectivity index (χ3v) is 4.00. The molecular weight excluding hydrogens is 232 g/mol. The van der Waals surface area contributed by atoms with Crippen LogP contribution in [0.3, 0.4) is 0 Å². The lowest BCUT2D eigenvalue weighted by Crippen LogP contribution is -2.45. The van der Waals surface area contributed by atoms with Crippen molar-refractivity contribution in [1.29, 1.82) is 5.26 Å². The second-order valence-electron chi connectivity index (χ2n) is 4.58. The van der Waals surface area contributed by atoms with Crippen molar-refractivity contribution >= 4 is 17.2 Å². The summed E-state index contributed by atoms with van der Waals surface area (Å²) in [5, 5.41) is 16.1. The zero-order valence-electron chi connectivity index (χ0n) is 9.74. The van der Waals surface area contributed by atoms with Gasteiger partial charge in [-0.2, -0.15) is 16.6 Å². The molecule has 4 heteroatoms. The van der Waals surface area contributed by atoms with E-state index >= 15 is 0 Å². The second kappa shape index (κ2) is 5.33. The molecule has 0 atom stereocenters. The van der Waals surface area contributed by atoms with Crippen LogP contribution in [0.2, 0.25) is 0 Å². The summed E-state index contributed by atoms with van der Waals surface area (Å²) >= 11 is 1.64. The third-order valence-electron chi connectivity index (χ3n) is 3.27. The lowest BCUT2D eigenvalue weighted by atomic mass is 9.99. The standard InChI is InChI=1S/C13H16N2OS/c14-10-13(6-1-2-7-13)15-12(16)4-3-11-5-8-17-9-11/h5,8-9H,1-4,6-7H2,(H,15,16). The fraction of sp³-hybridized carbons (Fsp3) is 0.538. The molecule has 0 aliphatic heterocycles. The van der Waals surface area contributed by atoms with E-state index in [2.05, 4.69) is 16.8 Å². The van der Waals surface area contributed by atoms with Gasteiger partial charge in [-0.15, -0.1) is 0 Å². The van der Waals surface area contributed by atoms with Crippen molar-refractivity contribution in [3.63, 3.8) is 0 Å². The van der Waals surface area contributed by atoms with Crippen molar-refractivity contribution in [3.05, 3.63) is 22.4 Å². The summed E-state index contributed by atoms with van der Waals surface area (Å²) in [6.07, 6.45) is 4.91. The molecule has 2 rings (SSSR count). The minimum atomic E-state index is -0.578. The van der Waals surface area contributed by atoms with E-state index in [-0.39, 0.29) is 5.91 Å². The molecule has 1 fully saturated rings. The average Bonchev–Trinajstić information content (AvgIpc) is 2.98. The summed E-state index contributed by atoms with van der Waals surface area (Å²) < 4.78 is 0. The predicted octanol–water partition coefficient (Wildman–Crippen LogP) is 2.63. The Morgan fingerprint density at radius 3 is 2.88 bits per heavy atom. The van der Waals surface area contributed by atoms with Crippen LogP contribution in [-0.2, 0) is 11.2 Å². The highest BCUT2D eigenvalue weighted by Gasteiger charge is 2.35. The van der Waals surface area contributed by atoms with Crippen LogP contribution in [-0.4, -0.2) is 11.4 Å². The number of amides is 1. The quantitative estimate of drug-likeness (QED) is 0.890. The van der Waals surface area contributed by atoms with Gasteiger partial charge in [-0.05, 0) is 54.5 Å². The second-order valence-corrected chi connectivity index (χ2v) is 5.36. The van der Waals surface area contributed by atoms with E-state index in [4.69, 9.17) is 5.26 Å². The van der Waals surface area contributed by atoms with Crippen LogP contribution in [0.15, 0.2) is 16.8 Å². The van der Waals surface area contributed by atoms with E-state index in [0.29, 0.717) is 6.42 Å². The first-order valence-corrected chi connectivity index (χ1v) is 6.92. The van der Waals surface area contributed by atoms with Gasteiger partial charge in [0.1, 0.15) is 5.54 Å². The van der Waals surface area contributed by atoms with Gasteiger partial charge in [0.05, 0.1) is 6.07 Å². The number of nitrogens with zero attached hydrogens (tertiary/aromatic N) is 1. The Kier molecular flexibility index (Phi) is 3.80. The van der Waals surface area contributed by atoms with Crippen molar-refractivity contribution in [3.8, 4) is 6.07 Å². The Balaban J connectivity index is 1.83. The molecule has 3 nitrogen and oxygen atoms in total. The lowest BCUT2D eigenvalue weighted by Gasteiger charge is -2.21. The highest BCUT2D eigenvalue weighted by atomic mass is 32.1. The number of nitrogens with one attached hydrogen (secondary N) is 1. The van der Waals surface area contributed by atoms with Crippen LogP contribution in [0.5, 0.6) is 0 Å². The number of carbonyl (C=O) groups is 1. The molecule has 0 aromatic carbocycles. The highest BCUT2D eigenvalue weighted by Crippen LogP contribution is 2.28. The van der Waals surface area contributed by atoms with Crippen molar-refractivity contribution in [2.24, 2.45) is 0 Å². The highest BCUT2D eigenvalue weighted by molar-refractivity contribution is 7.07. The van der Waals surface area contributed by atoms with Gasteiger partial charge in [0.2, 0.25) is 5.91 Å². The Morgan fingerprint density at radius 2 is 2.29 bits per heavy atom. The smallest absolute Gasteiger partial charge is 0.221 e. The van der Waals surface area contributed by atoms with E-state index in [1.54, 1.807) is 11.3 Å². The van der Waals surface area contributed by atoms with Gasteiger partial charge < -0.3 is 5.32 Å². The van der Waals surface area contributed by atoms with Gasteiger partial charge in [-0.3, -0.25) is 4.79 Å². The maximum absolute atomic E-state index is 11.8. The number of carbonyl (C=O) groups excluding carboxylic acids is 1. The normalized spacial score (nSPS) is 17.6. The van der Waals surface area contributed by atoms with Crippen LogP contribution in [0.25, 0.3) is 0 Å². The summed E-state index contributed by atoms with van der Waals surface area (Å²) in [5.74, 6) is -0.000324. The fourth-order valence-electron chi connectivity index (χ4n) is 2.27. The van der Waals surface area contributed by atoms with Crippen LogP contribution in [0, 0.1) is 11.3 Å². The molecule has 0 unspecified atom stereocenters. The van der Waals surface area contributed by atoms with E-state index in [1.807, 2.05) is 11.4 Å². The molecule has 1 saturated carbocycles. The monoisotopic (exact) mass is 248 g/mol. The molecule has 1 aromatic rings. The molecule has 0 bridgehead atoms. The summed E-state index contributed by atoms with van der Waals surface area (Å²) in [6, 6.07) is 4.31. The number of hydrogen-bond donors (Lipinski definition) is 1. The molecule has 0 spiro atoms. The first kappa shape index (κ1) is 12.1. The lowest BCUT2D eigenvalue weighted by molar-refractivity contribution is -0.122. The van der Waals surface area contributed by atoms with Gasteiger partial charge in [0.25, 0.3) is 0 Å². The minimum Gasteiger partial charge on any atom is -0.338 e. The van der Waals surface area contributed by atoms with E-state index in [0.717, 1.165) is 32.1 Å². The van der Waals surface area contributed by atoms with Crippen LogP contribution < -0.4 is 5.32 Å². The summed E-state index contributed by atoms with van der Waals surface area (Å²) in [5.41, 5.74) is 0.619. The molecule has 90 valence electrons. The molecule has 1 amide bonds. The van der Waals surface area contributed by atoms with E-state index in [1.165, 1.54) is 5.56 Å². The van der Waals surface area contributed by atoms with Crippen LogP contribution >= 0.6 is 11.3 Å². The van der Waals surface area contributed by atoms with Crippen LogP contribution in [0.4, 0.5) is 0 Å². The number of thiophene rings is 1. The molecule has 1 aliphatic carbocycles. The molecule has 1 heterocycles. The van der Waals surface area contributed by atoms with Crippen molar-refractivity contribution < 1.29 is 4.79 Å². The first-order chi connectivity index (χ1) is 8.24. The van der Waals surface area contributed by atoms with E-state index < -0.39 is 5.54 Å². The zero-order valence-corrected chi connectivity index (χ0v) is 10.6. The van der Waals surface area contributed by atoms with Gasteiger partial charge in [-0.25, -0.2) is 0 Å². The predicted molar refractivity (Wildman–Crippen MR) is 67.6 cm³/mol. The van der Waals surface area contributed by atoms with Gasteiger partial charge in [0, 0.05) is 6.42 Å². The molecule has 0 radical (unpaired) electrons.